The maximum atomic E-state index is 6.29. The van der Waals surface area contributed by atoms with Crippen molar-refractivity contribution in [1.82, 2.24) is 4.98 Å². The summed E-state index contributed by atoms with van der Waals surface area (Å²) >= 11 is 0. The van der Waals surface area contributed by atoms with Gasteiger partial charge in [0, 0.05) is 16.7 Å². The zero-order valence-corrected chi connectivity index (χ0v) is 18.6. The molecule has 0 atom stereocenters. The van der Waals surface area contributed by atoms with Crippen molar-refractivity contribution < 1.29 is 18.6 Å². The average molecular weight is 430 g/mol. The van der Waals surface area contributed by atoms with E-state index >= 15 is 0 Å². The van der Waals surface area contributed by atoms with E-state index in [4.69, 9.17) is 23.6 Å². The van der Waals surface area contributed by atoms with Crippen molar-refractivity contribution in [3.8, 4) is 51.3 Å². The van der Waals surface area contributed by atoms with Gasteiger partial charge in [0.05, 0.1) is 19.8 Å². The summed E-state index contributed by atoms with van der Waals surface area (Å²) in [5, 5.41) is 0. The first-order chi connectivity index (χ1) is 15.7. The van der Waals surface area contributed by atoms with Gasteiger partial charge >= 0.3 is 0 Å². The van der Waals surface area contributed by atoms with E-state index in [0.717, 1.165) is 39.6 Å². The molecule has 0 aliphatic carbocycles. The Labute approximate surface area is 188 Å². The van der Waals surface area contributed by atoms with Gasteiger partial charge in [-0.2, -0.15) is 0 Å². The minimum absolute atomic E-state index is 0.556. The monoisotopic (exact) mass is 429 g/mol. The second-order valence-corrected chi connectivity index (χ2v) is 7.07. The molecular weight excluding hydrogens is 402 g/mol. The molecule has 164 valence electrons. The number of ether oxygens (including phenoxy) is 3. The molecule has 0 bridgehead atoms. The van der Waals surface area contributed by atoms with E-state index in [1.165, 1.54) is 0 Å². The van der Waals surface area contributed by atoms with E-state index in [2.05, 4.69) is 0 Å². The fourth-order valence-electron chi connectivity index (χ4n) is 3.44. The second kappa shape index (κ2) is 10.1. The highest BCUT2D eigenvalue weighted by Crippen LogP contribution is 2.37. The summed E-state index contributed by atoms with van der Waals surface area (Å²) in [4.78, 5) is 4.86. The second-order valence-electron chi connectivity index (χ2n) is 7.07. The molecule has 4 aromatic rings. The summed E-state index contributed by atoms with van der Waals surface area (Å²) in [6, 6.07) is 23.6. The molecule has 5 nitrogen and oxygen atoms in total. The van der Waals surface area contributed by atoms with Crippen LogP contribution in [-0.2, 0) is 0 Å². The Kier molecular flexibility index (Phi) is 6.75. The van der Waals surface area contributed by atoms with E-state index in [1.807, 2.05) is 93.6 Å². The standard InChI is InChI=1S/C27H27NO4/c1-4-29-22-13-7-19(8-14-22)25-26(20-9-15-23(16-10-20)30-5-2)32-27(28-25)21-11-17-24(18-12-21)31-6-3/h7-18H,4-6H2,1-3H3. The minimum atomic E-state index is 0.556. The van der Waals surface area contributed by atoms with Gasteiger partial charge in [0.2, 0.25) is 5.89 Å². The van der Waals surface area contributed by atoms with Crippen LogP contribution in [0.1, 0.15) is 20.8 Å². The summed E-state index contributed by atoms with van der Waals surface area (Å²) in [6.07, 6.45) is 0. The van der Waals surface area contributed by atoms with Crippen molar-refractivity contribution in [2.75, 3.05) is 19.8 Å². The van der Waals surface area contributed by atoms with Crippen molar-refractivity contribution in [2.45, 2.75) is 20.8 Å². The van der Waals surface area contributed by atoms with Crippen LogP contribution in [0.5, 0.6) is 17.2 Å². The lowest BCUT2D eigenvalue weighted by Gasteiger charge is -2.06. The van der Waals surface area contributed by atoms with E-state index < -0.39 is 0 Å². The molecule has 0 saturated heterocycles. The summed E-state index contributed by atoms with van der Waals surface area (Å²) in [6.45, 7) is 7.79. The van der Waals surface area contributed by atoms with Crippen molar-refractivity contribution in [1.29, 1.82) is 0 Å². The summed E-state index contributed by atoms with van der Waals surface area (Å²) in [7, 11) is 0. The Morgan fingerprint density at radius 1 is 0.562 bits per heavy atom. The van der Waals surface area contributed by atoms with Crippen LogP contribution in [0.3, 0.4) is 0 Å². The van der Waals surface area contributed by atoms with Crippen molar-refractivity contribution in [2.24, 2.45) is 0 Å². The molecule has 32 heavy (non-hydrogen) atoms. The van der Waals surface area contributed by atoms with Crippen LogP contribution < -0.4 is 14.2 Å². The maximum absolute atomic E-state index is 6.29. The van der Waals surface area contributed by atoms with Crippen molar-refractivity contribution in [3.05, 3.63) is 72.8 Å². The number of aromatic nitrogens is 1. The van der Waals surface area contributed by atoms with E-state index in [9.17, 15) is 0 Å². The molecule has 0 unspecified atom stereocenters. The van der Waals surface area contributed by atoms with Crippen molar-refractivity contribution >= 4 is 0 Å². The fraction of sp³-hybridized carbons (Fsp3) is 0.222. The molecule has 1 heterocycles. The number of oxazole rings is 1. The molecule has 0 aliphatic rings. The third-order valence-electron chi connectivity index (χ3n) is 4.91. The quantitative estimate of drug-likeness (QED) is 0.290. The van der Waals surface area contributed by atoms with Gasteiger partial charge in [-0.1, -0.05) is 0 Å². The van der Waals surface area contributed by atoms with Crippen LogP contribution in [0.15, 0.2) is 77.2 Å². The fourth-order valence-corrected chi connectivity index (χ4v) is 3.44. The molecule has 0 aliphatic heterocycles. The molecular formula is C27H27NO4. The molecule has 5 heteroatoms. The molecule has 1 aromatic heterocycles. The third-order valence-corrected chi connectivity index (χ3v) is 4.91. The zero-order chi connectivity index (χ0) is 22.3. The molecule has 0 amide bonds. The first kappa shape index (κ1) is 21.5. The summed E-state index contributed by atoms with van der Waals surface area (Å²) < 4.78 is 23.0. The van der Waals surface area contributed by atoms with Gasteiger partial charge < -0.3 is 18.6 Å². The van der Waals surface area contributed by atoms with Crippen LogP contribution >= 0.6 is 0 Å². The van der Waals surface area contributed by atoms with Gasteiger partial charge in [-0.05, 0) is 93.6 Å². The van der Waals surface area contributed by atoms with Crippen LogP contribution in [0.2, 0.25) is 0 Å². The zero-order valence-electron chi connectivity index (χ0n) is 18.6. The summed E-state index contributed by atoms with van der Waals surface area (Å²) in [5.41, 5.74) is 3.55. The van der Waals surface area contributed by atoms with E-state index in [-0.39, 0.29) is 0 Å². The molecule has 0 fully saturated rings. The predicted molar refractivity (Wildman–Crippen MR) is 126 cm³/mol. The minimum Gasteiger partial charge on any atom is -0.494 e. The van der Waals surface area contributed by atoms with Gasteiger partial charge in [0.15, 0.2) is 5.76 Å². The van der Waals surface area contributed by atoms with Gasteiger partial charge in [-0.3, -0.25) is 0 Å². The van der Waals surface area contributed by atoms with Crippen LogP contribution in [0.25, 0.3) is 34.0 Å². The van der Waals surface area contributed by atoms with Gasteiger partial charge in [0.1, 0.15) is 22.9 Å². The Bertz CT molecular complexity index is 1060. The van der Waals surface area contributed by atoms with Crippen molar-refractivity contribution in [3.63, 3.8) is 0 Å². The number of benzene rings is 3. The number of nitrogens with zero attached hydrogens (tertiary/aromatic N) is 1. The van der Waals surface area contributed by atoms with Gasteiger partial charge in [-0.25, -0.2) is 4.98 Å². The number of rotatable bonds is 9. The van der Waals surface area contributed by atoms with Gasteiger partial charge in [0.25, 0.3) is 0 Å². The summed E-state index contributed by atoms with van der Waals surface area (Å²) in [5.74, 6) is 3.74. The maximum Gasteiger partial charge on any atom is 0.227 e. The van der Waals surface area contributed by atoms with Crippen LogP contribution in [0.4, 0.5) is 0 Å². The number of hydrogen-bond acceptors (Lipinski definition) is 5. The highest BCUT2D eigenvalue weighted by Gasteiger charge is 2.18. The third kappa shape index (κ3) is 4.78. The highest BCUT2D eigenvalue weighted by molar-refractivity contribution is 5.79. The topological polar surface area (TPSA) is 53.7 Å². The number of hydrogen-bond donors (Lipinski definition) is 0. The molecule has 0 spiro atoms. The predicted octanol–water partition coefficient (Wildman–Crippen LogP) is 6.87. The van der Waals surface area contributed by atoms with Crippen LogP contribution in [-0.4, -0.2) is 24.8 Å². The molecule has 0 radical (unpaired) electrons. The molecule has 0 N–H and O–H groups in total. The Hall–Kier alpha value is -3.73. The molecule has 4 rings (SSSR count). The Morgan fingerprint density at radius 3 is 1.41 bits per heavy atom. The van der Waals surface area contributed by atoms with Crippen LogP contribution in [0, 0.1) is 0 Å². The normalized spacial score (nSPS) is 10.7. The van der Waals surface area contributed by atoms with E-state index in [0.29, 0.717) is 31.5 Å². The first-order valence-corrected chi connectivity index (χ1v) is 10.9. The molecule has 3 aromatic carbocycles. The molecule has 0 saturated carbocycles. The van der Waals surface area contributed by atoms with E-state index in [1.54, 1.807) is 0 Å². The highest BCUT2D eigenvalue weighted by atomic mass is 16.5. The first-order valence-electron chi connectivity index (χ1n) is 10.9. The SMILES string of the molecule is CCOc1ccc(-c2nc(-c3ccc(OCC)cc3)c(-c3ccc(OCC)cc3)o2)cc1. The smallest absolute Gasteiger partial charge is 0.227 e. The largest absolute Gasteiger partial charge is 0.494 e. The Morgan fingerprint density at radius 2 is 0.969 bits per heavy atom. The lowest BCUT2D eigenvalue weighted by atomic mass is 10.1. The lowest BCUT2D eigenvalue weighted by molar-refractivity contribution is 0.340. The average Bonchev–Trinajstić information content (AvgIpc) is 3.27. The van der Waals surface area contributed by atoms with Gasteiger partial charge in [-0.15, -0.1) is 0 Å². The lowest BCUT2D eigenvalue weighted by Crippen LogP contribution is -1.91. The Balaban J connectivity index is 1.75.